The molecule has 30 heavy (non-hydrogen) atoms. The number of carbonyl (C=O) groups is 1. The Morgan fingerprint density at radius 2 is 1.63 bits per heavy atom. The van der Waals surface area contributed by atoms with Gasteiger partial charge in [-0.1, -0.05) is 24.6 Å². The number of piperidine rings is 1. The lowest BCUT2D eigenvalue weighted by Gasteiger charge is -2.32. The van der Waals surface area contributed by atoms with Gasteiger partial charge in [0.2, 0.25) is 0 Å². The highest BCUT2D eigenvalue weighted by Gasteiger charge is 2.26. The summed E-state index contributed by atoms with van der Waals surface area (Å²) in [5.74, 6) is 1.18. The number of hydrogen-bond donors (Lipinski definition) is 0. The minimum absolute atomic E-state index is 0.00922. The second kappa shape index (κ2) is 9.08. The maximum absolute atomic E-state index is 12.8. The SMILES string of the molecule is Cc1ccc(S(=O)(=O)N(C)c2ccc(OC(C)C(=O)N3CCC(C)CC3)cc2)cc1. The molecular formula is C23H30N2O4S. The summed E-state index contributed by atoms with van der Waals surface area (Å²) < 4.78 is 32.7. The molecule has 1 aliphatic heterocycles. The highest BCUT2D eigenvalue weighted by Crippen LogP contribution is 2.25. The van der Waals surface area contributed by atoms with Gasteiger partial charge in [-0.3, -0.25) is 9.10 Å². The first-order valence-corrected chi connectivity index (χ1v) is 11.7. The van der Waals surface area contributed by atoms with Crippen LogP contribution in [0.15, 0.2) is 53.4 Å². The number of carbonyl (C=O) groups excluding carboxylic acids is 1. The molecule has 1 heterocycles. The van der Waals surface area contributed by atoms with E-state index >= 15 is 0 Å². The number of aryl methyl sites for hydroxylation is 1. The lowest BCUT2D eigenvalue weighted by atomic mass is 9.99. The molecule has 1 atom stereocenters. The number of rotatable bonds is 6. The largest absolute Gasteiger partial charge is 0.481 e. The number of amides is 1. The summed E-state index contributed by atoms with van der Waals surface area (Å²) in [6.45, 7) is 7.42. The van der Waals surface area contributed by atoms with Gasteiger partial charge in [0.05, 0.1) is 10.6 Å². The third-order valence-electron chi connectivity index (χ3n) is 5.64. The molecule has 1 saturated heterocycles. The standard InChI is InChI=1S/C23H30N2O4S/c1-17-5-11-22(12-6-17)30(27,28)24(4)20-7-9-21(10-8-20)29-19(3)23(26)25-15-13-18(2)14-16-25/h5-12,18-19H,13-16H2,1-4H3. The first kappa shape index (κ1) is 22.2. The summed E-state index contributed by atoms with van der Waals surface area (Å²) in [6.07, 6.45) is 1.46. The summed E-state index contributed by atoms with van der Waals surface area (Å²) in [6, 6.07) is 13.5. The summed E-state index contributed by atoms with van der Waals surface area (Å²) >= 11 is 0. The fraction of sp³-hybridized carbons (Fsp3) is 0.435. The van der Waals surface area contributed by atoms with Crippen LogP contribution in [0.25, 0.3) is 0 Å². The summed E-state index contributed by atoms with van der Waals surface area (Å²) in [5, 5.41) is 0. The first-order valence-electron chi connectivity index (χ1n) is 10.3. The van der Waals surface area contributed by atoms with Crippen molar-refractivity contribution in [2.45, 2.75) is 44.6 Å². The number of anilines is 1. The molecule has 7 heteroatoms. The van der Waals surface area contributed by atoms with E-state index in [1.54, 1.807) is 55.5 Å². The zero-order valence-electron chi connectivity index (χ0n) is 18.0. The Kier molecular flexibility index (Phi) is 6.71. The summed E-state index contributed by atoms with van der Waals surface area (Å²) in [5.41, 5.74) is 1.52. The second-order valence-corrected chi connectivity index (χ2v) is 10.0. The van der Waals surface area contributed by atoms with Gasteiger partial charge < -0.3 is 9.64 Å². The van der Waals surface area contributed by atoms with Crippen molar-refractivity contribution in [2.24, 2.45) is 5.92 Å². The smallest absolute Gasteiger partial charge is 0.264 e. The summed E-state index contributed by atoms with van der Waals surface area (Å²) in [4.78, 5) is 14.7. The van der Waals surface area contributed by atoms with Crippen LogP contribution >= 0.6 is 0 Å². The highest BCUT2D eigenvalue weighted by atomic mass is 32.2. The van der Waals surface area contributed by atoms with Gasteiger partial charge in [0.1, 0.15) is 5.75 Å². The molecule has 1 unspecified atom stereocenters. The Bertz CT molecular complexity index is 963. The zero-order chi connectivity index (χ0) is 21.9. The highest BCUT2D eigenvalue weighted by molar-refractivity contribution is 7.92. The van der Waals surface area contributed by atoms with E-state index in [4.69, 9.17) is 4.74 Å². The Morgan fingerprint density at radius 3 is 2.20 bits per heavy atom. The maximum atomic E-state index is 12.8. The molecule has 1 amide bonds. The van der Waals surface area contributed by atoms with Crippen molar-refractivity contribution in [1.29, 1.82) is 0 Å². The van der Waals surface area contributed by atoms with Gasteiger partial charge in [0.15, 0.2) is 6.10 Å². The first-order chi connectivity index (χ1) is 14.2. The van der Waals surface area contributed by atoms with Gasteiger partial charge in [-0.05, 0) is 69.0 Å². The average Bonchev–Trinajstić information content (AvgIpc) is 2.74. The van der Waals surface area contributed by atoms with Gasteiger partial charge in [0.25, 0.3) is 15.9 Å². The summed E-state index contributed by atoms with van der Waals surface area (Å²) in [7, 11) is -2.12. The van der Waals surface area contributed by atoms with Crippen LogP contribution < -0.4 is 9.04 Å². The van der Waals surface area contributed by atoms with Crippen LogP contribution in [0, 0.1) is 12.8 Å². The third-order valence-corrected chi connectivity index (χ3v) is 7.44. The lowest BCUT2D eigenvalue weighted by Crippen LogP contribution is -2.44. The van der Waals surface area contributed by atoms with Crippen LogP contribution in [0.1, 0.15) is 32.3 Å². The van der Waals surface area contributed by atoms with Crippen LogP contribution in [0.2, 0.25) is 0 Å². The topological polar surface area (TPSA) is 66.9 Å². The zero-order valence-corrected chi connectivity index (χ0v) is 18.9. The molecule has 2 aromatic carbocycles. The minimum Gasteiger partial charge on any atom is -0.481 e. The van der Waals surface area contributed by atoms with E-state index in [9.17, 15) is 13.2 Å². The van der Waals surface area contributed by atoms with Crippen LogP contribution in [0.5, 0.6) is 5.75 Å². The van der Waals surface area contributed by atoms with Crippen LogP contribution in [-0.4, -0.2) is 45.5 Å². The van der Waals surface area contributed by atoms with Crippen molar-refractivity contribution in [3.63, 3.8) is 0 Å². The van der Waals surface area contributed by atoms with Crippen LogP contribution in [0.4, 0.5) is 5.69 Å². The van der Waals surface area contributed by atoms with Crippen LogP contribution in [-0.2, 0) is 14.8 Å². The van der Waals surface area contributed by atoms with Crippen molar-refractivity contribution < 1.29 is 17.9 Å². The predicted molar refractivity (Wildman–Crippen MR) is 118 cm³/mol. The molecule has 0 aliphatic carbocycles. The van der Waals surface area contributed by atoms with Gasteiger partial charge in [-0.15, -0.1) is 0 Å². The number of likely N-dealkylation sites (tertiary alicyclic amines) is 1. The van der Waals surface area contributed by atoms with Crippen molar-refractivity contribution >= 4 is 21.6 Å². The normalized spacial score (nSPS) is 16.2. The van der Waals surface area contributed by atoms with Crippen LogP contribution in [0.3, 0.4) is 0 Å². The van der Waals surface area contributed by atoms with E-state index in [-0.39, 0.29) is 10.8 Å². The molecule has 0 N–H and O–H groups in total. The number of hydrogen-bond acceptors (Lipinski definition) is 4. The van der Waals surface area contributed by atoms with Crippen molar-refractivity contribution in [3.05, 3.63) is 54.1 Å². The number of ether oxygens (including phenoxy) is 1. The van der Waals surface area contributed by atoms with E-state index in [1.807, 2.05) is 11.8 Å². The number of sulfonamides is 1. The molecule has 0 saturated carbocycles. The molecule has 0 spiro atoms. The van der Waals surface area contributed by atoms with Gasteiger partial charge in [0, 0.05) is 20.1 Å². The quantitative estimate of drug-likeness (QED) is 0.698. The van der Waals surface area contributed by atoms with Gasteiger partial charge in [-0.2, -0.15) is 0 Å². The molecule has 1 aliphatic rings. The van der Waals surface area contributed by atoms with Crippen molar-refractivity contribution in [1.82, 2.24) is 4.90 Å². The molecule has 1 fully saturated rings. The molecule has 0 bridgehead atoms. The van der Waals surface area contributed by atoms with Crippen molar-refractivity contribution in [2.75, 3.05) is 24.4 Å². The van der Waals surface area contributed by atoms with Crippen molar-refractivity contribution in [3.8, 4) is 5.75 Å². The maximum Gasteiger partial charge on any atom is 0.264 e. The fourth-order valence-electron chi connectivity index (χ4n) is 3.48. The van der Waals surface area contributed by atoms with E-state index in [1.165, 1.54) is 11.4 Å². The van der Waals surface area contributed by atoms with E-state index in [0.717, 1.165) is 31.5 Å². The average molecular weight is 431 g/mol. The van der Waals surface area contributed by atoms with Gasteiger partial charge >= 0.3 is 0 Å². The third kappa shape index (κ3) is 4.95. The van der Waals surface area contributed by atoms with E-state index in [0.29, 0.717) is 17.4 Å². The number of nitrogens with zero attached hydrogens (tertiary/aromatic N) is 2. The predicted octanol–water partition coefficient (Wildman–Crippen LogP) is 3.85. The molecule has 0 radical (unpaired) electrons. The Balaban J connectivity index is 1.65. The van der Waals surface area contributed by atoms with Gasteiger partial charge in [-0.25, -0.2) is 8.42 Å². The molecule has 6 nitrogen and oxygen atoms in total. The molecule has 162 valence electrons. The monoisotopic (exact) mass is 430 g/mol. The van der Waals surface area contributed by atoms with E-state index in [2.05, 4.69) is 6.92 Å². The Morgan fingerprint density at radius 1 is 1.07 bits per heavy atom. The molecule has 2 aromatic rings. The molecule has 0 aromatic heterocycles. The Labute approximate surface area is 179 Å². The lowest BCUT2D eigenvalue weighted by molar-refractivity contribution is -0.139. The second-order valence-electron chi connectivity index (χ2n) is 8.05. The van der Waals surface area contributed by atoms with E-state index < -0.39 is 16.1 Å². The molecule has 3 rings (SSSR count). The number of benzene rings is 2. The fourth-order valence-corrected chi connectivity index (χ4v) is 4.68. The minimum atomic E-state index is -3.65. The Hall–Kier alpha value is -2.54. The molecular weight excluding hydrogens is 400 g/mol.